The topological polar surface area (TPSA) is 49.9 Å². The third-order valence-corrected chi connectivity index (χ3v) is 4.30. The number of benzene rings is 1. The lowest BCUT2D eigenvalue weighted by Crippen LogP contribution is -2.42. The number of aryl methyl sites for hydroxylation is 1. The van der Waals surface area contributed by atoms with Crippen LogP contribution in [0.15, 0.2) is 18.2 Å². The molecule has 0 aliphatic carbocycles. The van der Waals surface area contributed by atoms with Gasteiger partial charge < -0.3 is 14.5 Å². The minimum absolute atomic E-state index is 0.0511. The molecule has 1 saturated heterocycles. The summed E-state index contributed by atoms with van der Waals surface area (Å²) >= 11 is 6.12. The molecule has 1 aliphatic rings. The monoisotopic (exact) mass is 338 g/mol. The second kappa shape index (κ2) is 7.68. The number of hydrogen-bond donors (Lipinski definition) is 0. The highest BCUT2D eigenvalue weighted by Crippen LogP contribution is 2.26. The molecule has 6 heteroatoms. The largest absolute Gasteiger partial charge is 0.479 e. The van der Waals surface area contributed by atoms with Crippen LogP contribution in [-0.4, -0.2) is 53.9 Å². The van der Waals surface area contributed by atoms with Gasteiger partial charge in [-0.25, -0.2) is 0 Å². The number of hydrogen-bond acceptors (Lipinski definition) is 3. The SMILES string of the molecule is CC(=O)N1CCCN(C(=O)[C@@H](C)Oc2cc(C)ccc2Cl)CC1. The number of ether oxygens (including phenoxy) is 1. The van der Waals surface area contributed by atoms with E-state index in [0.717, 1.165) is 12.0 Å². The lowest BCUT2D eigenvalue weighted by molar-refractivity contribution is -0.138. The van der Waals surface area contributed by atoms with Gasteiger partial charge >= 0.3 is 0 Å². The quantitative estimate of drug-likeness (QED) is 0.850. The Bertz CT molecular complexity index is 591. The minimum atomic E-state index is -0.613. The van der Waals surface area contributed by atoms with Gasteiger partial charge in [0, 0.05) is 33.1 Å². The molecule has 1 fully saturated rings. The lowest BCUT2D eigenvalue weighted by Gasteiger charge is -2.25. The van der Waals surface area contributed by atoms with Crippen LogP contribution in [0.1, 0.15) is 25.8 Å². The molecule has 0 spiro atoms. The molecule has 1 aliphatic heterocycles. The van der Waals surface area contributed by atoms with Gasteiger partial charge in [0.2, 0.25) is 5.91 Å². The van der Waals surface area contributed by atoms with Crippen LogP contribution in [0.2, 0.25) is 5.02 Å². The smallest absolute Gasteiger partial charge is 0.263 e. The van der Waals surface area contributed by atoms with Crippen molar-refractivity contribution >= 4 is 23.4 Å². The van der Waals surface area contributed by atoms with Crippen molar-refractivity contribution in [2.45, 2.75) is 33.3 Å². The highest BCUT2D eigenvalue weighted by Gasteiger charge is 2.25. The molecule has 2 rings (SSSR count). The molecule has 1 atom stereocenters. The van der Waals surface area contributed by atoms with Crippen LogP contribution in [-0.2, 0) is 9.59 Å². The van der Waals surface area contributed by atoms with Crippen molar-refractivity contribution in [3.8, 4) is 5.75 Å². The van der Waals surface area contributed by atoms with E-state index in [-0.39, 0.29) is 11.8 Å². The van der Waals surface area contributed by atoms with Crippen molar-refractivity contribution in [2.24, 2.45) is 0 Å². The standard InChI is InChI=1S/C17H23ClN2O3/c1-12-5-6-15(18)16(11-12)23-13(2)17(22)20-8-4-7-19(9-10-20)14(3)21/h5-6,11,13H,4,7-10H2,1-3H3/t13-/m1/s1. The van der Waals surface area contributed by atoms with Gasteiger partial charge in [-0.1, -0.05) is 17.7 Å². The molecule has 0 aromatic heterocycles. The molecule has 23 heavy (non-hydrogen) atoms. The highest BCUT2D eigenvalue weighted by molar-refractivity contribution is 6.32. The van der Waals surface area contributed by atoms with Gasteiger partial charge in [-0.05, 0) is 38.0 Å². The molecule has 126 valence electrons. The normalized spacial score (nSPS) is 16.7. The zero-order chi connectivity index (χ0) is 17.0. The van der Waals surface area contributed by atoms with E-state index >= 15 is 0 Å². The van der Waals surface area contributed by atoms with Crippen LogP contribution >= 0.6 is 11.6 Å². The highest BCUT2D eigenvalue weighted by atomic mass is 35.5. The van der Waals surface area contributed by atoms with Crippen molar-refractivity contribution in [1.82, 2.24) is 9.80 Å². The average Bonchev–Trinajstić information content (AvgIpc) is 2.76. The van der Waals surface area contributed by atoms with Crippen molar-refractivity contribution in [3.05, 3.63) is 28.8 Å². The third-order valence-electron chi connectivity index (χ3n) is 3.99. The Kier molecular flexibility index (Phi) is 5.88. The molecule has 0 unspecified atom stereocenters. The molecular weight excluding hydrogens is 316 g/mol. The molecule has 0 radical (unpaired) electrons. The molecule has 2 amide bonds. The summed E-state index contributed by atoms with van der Waals surface area (Å²) in [4.78, 5) is 27.6. The Morgan fingerprint density at radius 2 is 1.83 bits per heavy atom. The summed E-state index contributed by atoms with van der Waals surface area (Å²) in [7, 11) is 0. The summed E-state index contributed by atoms with van der Waals surface area (Å²) in [6.45, 7) is 7.67. The zero-order valence-corrected chi connectivity index (χ0v) is 14.6. The van der Waals surface area contributed by atoms with Gasteiger partial charge in [-0.2, -0.15) is 0 Å². The van der Waals surface area contributed by atoms with Crippen LogP contribution in [0.25, 0.3) is 0 Å². The van der Waals surface area contributed by atoms with E-state index in [2.05, 4.69) is 0 Å². The molecule has 1 heterocycles. The number of amides is 2. The maximum atomic E-state index is 12.6. The minimum Gasteiger partial charge on any atom is -0.479 e. The molecule has 1 aromatic carbocycles. The van der Waals surface area contributed by atoms with Crippen LogP contribution in [0, 0.1) is 6.92 Å². The Labute approximate surface area is 142 Å². The molecular formula is C17H23ClN2O3. The van der Waals surface area contributed by atoms with E-state index in [1.54, 1.807) is 29.7 Å². The first kappa shape index (κ1) is 17.6. The summed E-state index contributed by atoms with van der Waals surface area (Å²) in [5.74, 6) is 0.496. The van der Waals surface area contributed by atoms with Crippen LogP contribution in [0.4, 0.5) is 0 Å². The fraction of sp³-hybridized carbons (Fsp3) is 0.529. The van der Waals surface area contributed by atoms with Crippen molar-refractivity contribution in [1.29, 1.82) is 0 Å². The van der Waals surface area contributed by atoms with E-state index in [1.807, 2.05) is 19.1 Å². The van der Waals surface area contributed by atoms with Crippen molar-refractivity contribution < 1.29 is 14.3 Å². The molecule has 0 saturated carbocycles. The fourth-order valence-corrected chi connectivity index (χ4v) is 2.81. The molecule has 0 bridgehead atoms. The van der Waals surface area contributed by atoms with Crippen molar-refractivity contribution in [2.75, 3.05) is 26.2 Å². The van der Waals surface area contributed by atoms with Gasteiger partial charge in [0.15, 0.2) is 6.10 Å². The van der Waals surface area contributed by atoms with Gasteiger partial charge in [0.05, 0.1) is 5.02 Å². The van der Waals surface area contributed by atoms with Crippen LogP contribution in [0.5, 0.6) is 5.75 Å². The van der Waals surface area contributed by atoms with Crippen LogP contribution < -0.4 is 4.74 Å². The second-order valence-corrected chi connectivity index (χ2v) is 6.29. The molecule has 0 N–H and O–H groups in total. The maximum absolute atomic E-state index is 12.6. The Hall–Kier alpha value is -1.75. The van der Waals surface area contributed by atoms with Gasteiger partial charge in [0.1, 0.15) is 5.75 Å². The van der Waals surface area contributed by atoms with Gasteiger partial charge in [-0.15, -0.1) is 0 Å². The van der Waals surface area contributed by atoms with Crippen molar-refractivity contribution in [3.63, 3.8) is 0 Å². The third kappa shape index (κ3) is 4.61. The summed E-state index contributed by atoms with van der Waals surface area (Å²) < 4.78 is 5.75. The predicted octanol–water partition coefficient (Wildman–Crippen LogP) is 2.50. The van der Waals surface area contributed by atoms with Gasteiger partial charge in [0.25, 0.3) is 5.91 Å². The summed E-state index contributed by atoms with van der Waals surface area (Å²) in [6, 6.07) is 5.49. The Balaban J connectivity index is 1.99. The second-order valence-electron chi connectivity index (χ2n) is 5.88. The van der Waals surface area contributed by atoms with E-state index in [1.165, 1.54) is 0 Å². The fourth-order valence-electron chi connectivity index (χ4n) is 2.65. The number of nitrogens with zero attached hydrogens (tertiary/aromatic N) is 2. The van der Waals surface area contributed by atoms with E-state index in [9.17, 15) is 9.59 Å². The first-order valence-electron chi connectivity index (χ1n) is 7.85. The van der Waals surface area contributed by atoms with E-state index < -0.39 is 6.10 Å². The van der Waals surface area contributed by atoms with E-state index in [0.29, 0.717) is 37.0 Å². The summed E-state index contributed by atoms with van der Waals surface area (Å²) in [5, 5.41) is 0.494. The average molecular weight is 339 g/mol. The lowest BCUT2D eigenvalue weighted by atomic mass is 10.2. The number of rotatable bonds is 3. The first-order valence-corrected chi connectivity index (χ1v) is 8.23. The summed E-state index contributed by atoms with van der Waals surface area (Å²) in [5.41, 5.74) is 1.02. The maximum Gasteiger partial charge on any atom is 0.263 e. The summed E-state index contributed by atoms with van der Waals surface area (Å²) in [6.07, 6.45) is 0.168. The Morgan fingerprint density at radius 1 is 1.17 bits per heavy atom. The zero-order valence-electron chi connectivity index (χ0n) is 13.8. The molecule has 5 nitrogen and oxygen atoms in total. The number of halogens is 1. The van der Waals surface area contributed by atoms with E-state index in [4.69, 9.17) is 16.3 Å². The predicted molar refractivity (Wildman–Crippen MR) is 89.7 cm³/mol. The number of carbonyl (C=O) groups is 2. The Morgan fingerprint density at radius 3 is 2.52 bits per heavy atom. The first-order chi connectivity index (χ1) is 10.9. The van der Waals surface area contributed by atoms with Crippen LogP contribution in [0.3, 0.4) is 0 Å². The molecule has 1 aromatic rings. The van der Waals surface area contributed by atoms with Gasteiger partial charge in [-0.3, -0.25) is 9.59 Å². The number of carbonyl (C=O) groups excluding carboxylic acids is 2.